The third kappa shape index (κ3) is 5.26. The molecule has 0 bridgehead atoms. The third-order valence-corrected chi connectivity index (χ3v) is 4.69. The van der Waals surface area contributed by atoms with E-state index in [1.165, 1.54) is 0 Å². The molecule has 1 saturated heterocycles. The van der Waals surface area contributed by atoms with Crippen molar-refractivity contribution in [3.05, 3.63) is 35.0 Å². The van der Waals surface area contributed by atoms with Crippen LogP contribution in [0.2, 0.25) is 5.02 Å². The number of nitrogens with zero attached hydrogens (tertiary/aromatic N) is 6. The van der Waals surface area contributed by atoms with Crippen molar-refractivity contribution in [3.63, 3.8) is 0 Å². The molecule has 0 unspecified atom stereocenters. The first-order valence-corrected chi connectivity index (χ1v) is 9.51. The second kappa shape index (κ2) is 9.11. The molecule has 2 aromatic heterocycles. The first-order valence-electron chi connectivity index (χ1n) is 9.13. The van der Waals surface area contributed by atoms with Gasteiger partial charge < -0.3 is 20.4 Å². The minimum atomic E-state index is -0.0949. The van der Waals surface area contributed by atoms with Crippen LogP contribution >= 0.6 is 11.6 Å². The van der Waals surface area contributed by atoms with Crippen molar-refractivity contribution in [2.75, 3.05) is 50.5 Å². The molecule has 1 fully saturated rings. The van der Waals surface area contributed by atoms with Crippen LogP contribution in [0.15, 0.2) is 18.6 Å². The van der Waals surface area contributed by atoms with Gasteiger partial charge in [-0.3, -0.25) is 4.79 Å². The van der Waals surface area contributed by atoms with E-state index in [0.29, 0.717) is 42.2 Å². The Morgan fingerprint density at radius 3 is 2.64 bits per heavy atom. The van der Waals surface area contributed by atoms with Crippen molar-refractivity contribution in [1.29, 1.82) is 0 Å². The lowest BCUT2D eigenvalue weighted by Crippen LogP contribution is -2.54. The smallest absolute Gasteiger partial charge is 0.226 e. The molecular formula is C18H25ClN8O. The van der Waals surface area contributed by atoms with Gasteiger partial charge in [0, 0.05) is 50.7 Å². The van der Waals surface area contributed by atoms with Crippen molar-refractivity contribution in [3.8, 4) is 0 Å². The van der Waals surface area contributed by atoms with E-state index in [0.717, 1.165) is 18.7 Å². The fraction of sp³-hybridized carbons (Fsp3) is 0.500. The Balaban J connectivity index is 1.49. The van der Waals surface area contributed by atoms with E-state index in [-0.39, 0.29) is 11.8 Å². The Bertz CT molecular complexity index is 808. The van der Waals surface area contributed by atoms with Crippen LogP contribution < -0.4 is 15.5 Å². The highest BCUT2D eigenvalue weighted by molar-refractivity contribution is 6.32. The van der Waals surface area contributed by atoms with E-state index < -0.39 is 0 Å². The van der Waals surface area contributed by atoms with Crippen LogP contribution in [0.25, 0.3) is 0 Å². The molecule has 10 heteroatoms. The van der Waals surface area contributed by atoms with Crippen molar-refractivity contribution >= 4 is 29.3 Å². The molecule has 0 spiro atoms. The van der Waals surface area contributed by atoms with E-state index in [4.69, 9.17) is 11.6 Å². The largest absolute Gasteiger partial charge is 0.353 e. The Labute approximate surface area is 169 Å². The van der Waals surface area contributed by atoms with Gasteiger partial charge >= 0.3 is 0 Å². The van der Waals surface area contributed by atoms with Crippen molar-refractivity contribution in [1.82, 2.24) is 30.2 Å². The van der Waals surface area contributed by atoms with Crippen molar-refractivity contribution < 1.29 is 4.79 Å². The Morgan fingerprint density at radius 2 is 1.96 bits per heavy atom. The molecule has 28 heavy (non-hydrogen) atoms. The second-order valence-corrected chi connectivity index (χ2v) is 7.46. The zero-order valence-corrected chi connectivity index (χ0v) is 17.1. The molecule has 2 N–H and O–H groups in total. The number of amides is 1. The van der Waals surface area contributed by atoms with Gasteiger partial charge in [0.15, 0.2) is 5.82 Å². The lowest BCUT2D eigenvalue weighted by atomic mass is 9.99. The number of aromatic nitrogens is 4. The third-order valence-electron chi connectivity index (χ3n) is 4.42. The average Bonchev–Trinajstić information content (AvgIpc) is 2.62. The van der Waals surface area contributed by atoms with Gasteiger partial charge in [0.1, 0.15) is 10.8 Å². The summed E-state index contributed by atoms with van der Waals surface area (Å²) < 4.78 is 0. The van der Waals surface area contributed by atoms with Crippen molar-refractivity contribution in [2.24, 2.45) is 5.92 Å². The van der Waals surface area contributed by atoms with Gasteiger partial charge in [-0.15, -0.1) is 0 Å². The maximum Gasteiger partial charge on any atom is 0.226 e. The molecular weight excluding hydrogens is 380 g/mol. The number of hydrogen-bond acceptors (Lipinski definition) is 8. The molecule has 2 aromatic rings. The number of aryl methyl sites for hydroxylation is 1. The van der Waals surface area contributed by atoms with Crippen molar-refractivity contribution in [2.45, 2.75) is 13.5 Å². The molecule has 1 aliphatic heterocycles. The average molecular weight is 405 g/mol. The van der Waals surface area contributed by atoms with Gasteiger partial charge in [-0.1, -0.05) is 11.6 Å². The molecule has 3 heterocycles. The predicted octanol–water partition coefficient (Wildman–Crippen LogP) is 0.955. The fourth-order valence-corrected chi connectivity index (χ4v) is 2.93. The highest BCUT2D eigenvalue weighted by atomic mass is 35.5. The second-order valence-electron chi connectivity index (χ2n) is 7.05. The number of halogens is 1. The quantitative estimate of drug-likeness (QED) is 0.671. The molecule has 0 saturated carbocycles. The number of likely N-dealkylation sites (N-methyl/N-ethyl adjacent to an activating group) is 1. The summed E-state index contributed by atoms with van der Waals surface area (Å²) in [5.41, 5.74) is 0.877. The predicted molar refractivity (Wildman–Crippen MR) is 108 cm³/mol. The number of hydrogen-bond donors (Lipinski definition) is 2. The van der Waals surface area contributed by atoms with Crippen LogP contribution in [0, 0.1) is 12.8 Å². The summed E-state index contributed by atoms with van der Waals surface area (Å²) in [4.78, 5) is 33.4. The molecule has 0 aromatic carbocycles. The van der Waals surface area contributed by atoms with Gasteiger partial charge in [0.25, 0.3) is 0 Å². The normalized spacial score (nSPS) is 14.1. The lowest BCUT2D eigenvalue weighted by molar-refractivity contribution is -0.125. The van der Waals surface area contributed by atoms with Gasteiger partial charge in [0.05, 0.1) is 12.1 Å². The van der Waals surface area contributed by atoms with E-state index >= 15 is 0 Å². The summed E-state index contributed by atoms with van der Waals surface area (Å²) in [6.07, 6.45) is 5.04. The fourth-order valence-electron chi connectivity index (χ4n) is 2.72. The SMILES string of the molecule is Cc1ncc(CNC(=O)C2CN(c3nc(NCCN(C)C)ncc3Cl)C2)cn1. The molecule has 0 aliphatic carbocycles. The first kappa shape index (κ1) is 20.2. The zero-order valence-electron chi connectivity index (χ0n) is 16.3. The van der Waals surface area contributed by atoms with Crippen LogP contribution in [0.3, 0.4) is 0 Å². The highest BCUT2D eigenvalue weighted by Gasteiger charge is 2.34. The number of carbonyl (C=O) groups is 1. The number of nitrogens with one attached hydrogen (secondary N) is 2. The zero-order chi connectivity index (χ0) is 20.1. The summed E-state index contributed by atoms with van der Waals surface area (Å²) in [6, 6.07) is 0. The minimum Gasteiger partial charge on any atom is -0.353 e. The standard InChI is InChI=1S/C18H25ClN8O/c1-12-21-6-13(7-22-12)8-23-17(28)14-10-27(11-14)16-15(19)9-24-18(25-16)20-4-5-26(2)3/h6-7,9,14H,4-5,8,10-11H2,1-3H3,(H,23,28)(H,20,24,25). The Hall–Kier alpha value is -2.52. The van der Waals surface area contributed by atoms with Crippen LogP contribution in [0.4, 0.5) is 11.8 Å². The van der Waals surface area contributed by atoms with Gasteiger partial charge in [-0.2, -0.15) is 4.98 Å². The number of anilines is 2. The van der Waals surface area contributed by atoms with Crippen LogP contribution in [0.1, 0.15) is 11.4 Å². The van der Waals surface area contributed by atoms with Crippen LogP contribution in [-0.4, -0.2) is 71.0 Å². The maximum atomic E-state index is 12.3. The molecule has 0 radical (unpaired) electrons. The van der Waals surface area contributed by atoms with E-state index in [9.17, 15) is 4.79 Å². The van der Waals surface area contributed by atoms with Gasteiger partial charge in [0.2, 0.25) is 11.9 Å². The molecule has 0 atom stereocenters. The topological polar surface area (TPSA) is 99.2 Å². The molecule has 3 rings (SSSR count). The molecule has 1 amide bonds. The Morgan fingerprint density at radius 1 is 1.25 bits per heavy atom. The summed E-state index contributed by atoms with van der Waals surface area (Å²) in [5.74, 6) is 1.81. The molecule has 9 nitrogen and oxygen atoms in total. The Kier molecular flexibility index (Phi) is 6.58. The van der Waals surface area contributed by atoms with Crippen LogP contribution in [0.5, 0.6) is 0 Å². The van der Waals surface area contributed by atoms with Crippen LogP contribution in [-0.2, 0) is 11.3 Å². The van der Waals surface area contributed by atoms with E-state index in [1.807, 2.05) is 25.9 Å². The lowest BCUT2D eigenvalue weighted by Gasteiger charge is -2.39. The number of carbonyl (C=O) groups excluding carboxylic acids is 1. The summed E-state index contributed by atoms with van der Waals surface area (Å²) in [5, 5.41) is 6.59. The molecule has 150 valence electrons. The van der Waals surface area contributed by atoms with E-state index in [2.05, 4.69) is 35.5 Å². The van der Waals surface area contributed by atoms with Gasteiger partial charge in [-0.25, -0.2) is 15.0 Å². The first-order chi connectivity index (χ1) is 13.4. The van der Waals surface area contributed by atoms with Gasteiger partial charge in [-0.05, 0) is 21.0 Å². The summed E-state index contributed by atoms with van der Waals surface area (Å²) in [6.45, 7) is 5.01. The summed E-state index contributed by atoms with van der Waals surface area (Å²) >= 11 is 6.25. The monoisotopic (exact) mass is 404 g/mol. The van der Waals surface area contributed by atoms with E-state index in [1.54, 1.807) is 18.6 Å². The maximum absolute atomic E-state index is 12.3. The summed E-state index contributed by atoms with van der Waals surface area (Å²) in [7, 11) is 4.01. The minimum absolute atomic E-state index is 0.00587. The molecule has 1 aliphatic rings. The highest BCUT2D eigenvalue weighted by Crippen LogP contribution is 2.29. The number of rotatable bonds is 8.